The molecule has 2 rings (SSSR count). The fourth-order valence-corrected chi connectivity index (χ4v) is 3.69. The predicted molar refractivity (Wildman–Crippen MR) is 104 cm³/mol. The maximum atomic E-state index is 12.5. The van der Waals surface area contributed by atoms with Crippen LogP contribution in [-0.2, 0) is 26.1 Å². The first-order chi connectivity index (χ1) is 12.3. The van der Waals surface area contributed by atoms with Gasteiger partial charge in [0.25, 0.3) is 10.1 Å². The molecular weight excluding hydrogens is 374 g/mol. The first kappa shape index (κ1) is 20.4. The van der Waals surface area contributed by atoms with Gasteiger partial charge < -0.3 is 5.32 Å². The summed E-state index contributed by atoms with van der Waals surface area (Å²) in [5.41, 5.74) is 0.988. The van der Waals surface area contributed by atoms with E-state index in [4.69, 9.17) is 4.55 Å². The molecule has 0 bridgehead atoms. The quantitative estimate of drug-likeness (QED) is 0.665. The topological polar surface area (TPSA) is 101 Å². The minimum absolute atomic E-state index is 0.0846. The lowest BCUT2D eigenvalue weighted by Gasteiger charge is -2.17. The van der Waals surface area contributed by atoms with E-state index >= 15 is 0 Å². The van der Waals surface area contributed by atoms with E-state index in [1.165, 1.54) is 6.92 Å². The molecule has 0 saturated heterocycles. The third kappa shape index (κ3) is 6.44. The molecule has 0 heterocycles. The summed E-state index contributed by atoms with van der Waals surface area (Å²) in [6, 6.07) is 13.7. The highest BCUT2D eigenvalue weighted by Crippen LogP contribution is 2.23. The Labute approximate surface area is 157 Å². The Hall–Kier alpha value is -1.90. The second kappa shape index (κ2) is 9.16. The molecule has 0 aliphatic rings. The van der Waals surface area contributed by atoms with Gasteiger partial charge in [-0.3, -0.25) is 14.1 Å². The first-order valence-corrected chi connectivity index (χ1v) is 10.7. The van der Waals surface area contributed by atoms with E-state index in [0.717, 1.165) is 28.1 Å². The van der Waals surface area contributed by atoms with Crippen LogP contribution in [0.4, 0.5) is 0 Å². The van der Waals surface area contributed by atoms with Crippen molar-refractivity contribution in [1.82, 2.24) is 5.32 Å². The highest BCUT2D eigenvalue weighted by Gasteiger charge is 2.21. The van der Waals surface area contributed by atoms with Gasteiger partial charge in [0, 0.05) is 19.2 Å². The van der Waals surface area contributed by atoms with Gasteiger partial charge in [-0.1, -0.05) is 54.2 Å². The smallest absolute Gasteiger partial charge is 0.266 e. The van der Waals surface area contributed by atoms with Gasteiger partial charge in [-0.25, -0.2) is 0 Å². The Morgan fingerprint density at radius 2 is 1.85 bits per heavy atom. The summed E-state index contributed by atoms with van der Waals surface area (Å²) < 4.78 is 30.4. The normalized spacial score (nSPS) is 12.7. The highest BCUT2D eigenvalue weighted by molar-refractivity contribution is 8.13. The summed E-state index contributed by atoms with van der Waals surface area (Å²) in [4.78, 5) is 23.8. The van der Waals surface area contributed by atoms with Crippen LogP contribution in [0.1, 0.15) is 12.5 Å². The molecule has 6 nitrogen and oxygen atoms in total. The lowest BCUT2D eigenvalue weighted by Crippen LogP contribution is -2.36. The van der Waals surface area contributed by atoms with Gasteiger partial charge in [-0.05, 0) is 22.8 Å². The summed E-state index contributed by atoms with van der Waals surface area (Å²) >= 11 is 1.06. The second-order valence-electron chi connectivity index (χ2n) is 5.92. The number of carbonyl (C=O) groups is 2. The average Bonchev–Trinajstić information content (AvgIpc) is 2.57. The third-order valence-electron chi connectivity index (χ3n) is 3.86. The number of carbonyl (C=O) groups excluding carboxylic acids is 2. The fraction of sp³-hybridized carbons (Fsp3) is 0.333. The van der Waals surface area contributed by atoms with Crippen LogP contribution in [0.15, 0.2) is 42.5 Å². The lowest BCUT2D eigenvalue weighted by atomic mass is 9.95. The van der Waals surface area contributed by atoms with E-state index in [1.807, 2.05) is 42.5 Å². The van der Waals surface area contributed by atoms with Crippen molar-refractivity contribution in [2.45, 2.75) is 13.3 Å². The SMILES string of the molecule is CC(=O)SCC(Cc1cccc2ccccc12)C(=O)NCCS(=O)(=O)O. The number of fused-ring (bicyclic) bond motifs is 1. The standard InChI is InChI=1S/C18H21NO5S2/c1-13(20)25-12-16(18(21)19-9-10-26(22,23)24)11-15-7-4-6-14-5-2-3-8-17(14)15/h2-8,16H,9-12H2,1H3,(H,19,21)(H,22,23,24). The first-order valence-electron chi connectivity index (χ1n) is 8.09. The van der Waals surface area contributed by atoms with E-state index < -0.39 is 21.8 Å². The van der Waals surface area contributed by atoms with Crippen LogP contribution in [0.5, 0.6) is 0 Å². The van der Waals surface area contributed by atoms with Gasteiger partial charge in [0.15, 0.2) is 5.12 Å². The van der Waals surface area contributed by atoms with E-state index in [-0.39, 0.29) is 17.6 Å². The van der Waals surface area contributed by atoms with Crippen molar-refractivity contribution in [3.05, 3.63) is 48.0 Å². The molecule has 140 valence electrons. The minimum atomic E-state index is -4.13. The molecule has 1 atom stereocenters. The largest absolute Gasteiger partial charge is 0.355 e. The molecule has 0 radical (unpaired) electrons. The second-order valence-corrected chi connectivity index (χ2v) is 8.69. The Morgan fingerprint density at radius 1 is 1.15 bits per heavy atom. The molecule has 0 aliphatic carbocycles. The van der Waals surface area contributed by atoms with Gasteiger partial charge in [0.2, 0.25) is 5.91 Å². The predicted octanol–water partition coefficient (Wildman–Crippen LogP) is 2.28. The van der Waals surface area contributed by atoms with Crippen molar-refractivity contribution < 1.29 is 22.6 Å². The molecule has 0 aromatic heterocycles. The average molecular weight is 396 g/mol. The third-order valence-corrected chi connectivity index (χ3v) is 5.56. The van der Waals surface area contributed by atoms with Crippen LogP contribution < -0.4 is 5.32 Å². The van der Waals surface area contributed by atoms with E-state index in [2.05, 4.69) is 5.32 Å². The number of hydrogen-bond donors (Lipinski definition) is 2. The summed E-state index contributed by atoms with van der Waals surface area (Å²) in [5.74, 6) is -1.07. The van der Waals surface area contributed by atoms with Crippen LogP contribution >= 0.6 is 11.8 Å². The molecule has 0 spiro atoms. The maximum Gasteiger partial charge on any atom is 0.266 e. The summed E-state index contributed by atoms with van der Waals surface area (Å²) in [6.07, 6.45) is 0.430. The molecule has 0 saturated carbocycles. The van der Waals surface area contributed by atoms with Gasteiger partial charge in [0.05, 0.1) is 11.7 Å². The van der Waals surface area contributed by atoms with Crippen LogP contribution in [0.3, 0.4) is 0 Å². The summed E-state index contributed by atoms with van der Waals surface area (Å²) in [6.45, 7) is 1.27. The van der Waals surface area contributed by atoms with Crippen molar-refractivity contribution in [3.63, 3.8) is 0 Å². The number of thioether (sulfide) groups is 1. The number of benzene rings is 2. The van der Waals surface area contributed by atoms with Gasteiger partial charge in [0.1, 0.15) is 0 Å². The fourth-order valence-electron chi connectivity index (χ4n) is 2.63. The van der Waals surface area contributed by atoms with E-state index in [0.29, 0.717) is 12.2 Å². The van der Waals surface area contributed by atoms with Crippen molar-refractivity contribution in [3.8, 4) is 0 Å². The van der Waals surface area contributed by atoms with E-state index in [1.54, 1.807) is 0 Å². The lowest BCUT2D eigenvalue weighted by molar-refractivity contribution is -0.124. The van der Waals surface area contributed by atoms with Gasteiger partial charge >= 0.3 is 0 Å². The molecule has 2 aromatic rings. The van der Waals surface area contributed by atoms with Gasteiger partial charge in [-0.15, -0.1) is 0 Å². The number of hydrogen-bond acceptors (Lipinski definition) is 5. The van der Waals surface area contributed by atoms with Crippen LogP contribution in [0, 0.1) is 5.92 Å². The van der Waals surface area contributed by atoms with Crippen LogP contribution in [0.25, 0.3) is 10.8 Å². The molecule has 2 N–H and O–H groups in total. The molecular formula is C18H21NO5S2. The Balaban J connectivity index is 2.15. The number of nitrogens with one attached hydrogen (secondary N) is 1. The number of rotatable bonds is 8. The molecule has 0 fully saturated rings. The molecule has 1 amide bonds. The zero-order valence-electron chi connectivity index (χ0n) is 14.3. The minimum Gasteiger partial charge on any atom is -0.355 e. The molecule has 1 unspecified atom stereocenters. The zero-order valence-corrected chi connectivity index (χ0v) is 16.0. The highest BCUT2D eigenvalue weighted by atomic mass is 32.2. The molecule has 8 heteroatoms. The number of amides is 1. The van der Waals surface area contributed by atoms with E-state index in [9.17, 15) is 18.0 Å². The molecule has 0 aliphatic heterocycles. The maximum absolute atomic E-state index is 12.5. The van der Waals surface area contributed by atoms with Gasteiger partial charge in [-0.2, -0.15) is 8.42 Å². The summed E-state index contributed by atoms with van der Waals surface area (Å²) in [7, 11) is -4.13. The van der Waals surface area contributed by atoms with Crippen molar-refractivity contribution >= 4 is 43.7 Å². The Morgan fingerprint density at radius 3 is 2.54 bits per heavy atom. The monoisotopic (exact) mass is 395 g/mol. The van der Waals surface area contributed by atoms with Crippen LogP contribution in [0.2, 0.25) is 0 Å². The molecule has 26 heavy (non-hydrogen) atoms. The van der Waals surface area contributed by atoms with Crippen molar-refractivity contribution in [2.24, 2.45) is 5.92 Å². The Kier molecular flexibility index (Phi) is 7.19. The molecule has 2 aromatic carbocycles. The Bertz CT molecular complexity index is 890. The van der Waals surface area contributed by atoms with Crippen molar-refractivity contribution in [2.75, 3.05) is 18.1 Å². The zero-order chi connectivity index (χ0) is 19.2. The van der Waals surface area contributed by atoms with Crippen LogP contribution in [-0.4, -0.2) is 42.0 Å². The van der Waals surface area contributed by atoms with Crippen molar-refractivity contribution in [1.29, 1.82) is 0 Å². The summed E-state index contributed by atoms with van der Waals surface area (Å²) in [5, 5.41) is 4.55.